The highest BCUT2D eigenvalue weighted by Gasteiger charge is 2.09. The predicted octanol–water partition coefficient (Wildman–Crippen LogP) is 4.85. The van der Waals surface area contributed by atoms with E-state index in [0.717, 1.165) is 24.1 Å². The summed E-state index contributed by atoms with van der Waals surface area (Å²) in [5.41, 5.74) is 5.93. The van der Waals surface area contributed by atoms with Gasteiger partial charge in [-0.25, -0.2) is 0 Å². The van der Waals surface area contributed by atoms with Gasteiger partial charge in [0, 0.05) is 11.8 Å². The first kappa shape index (κ1) is 12.8. The Balaban J connectivity index is 2.33. The van der Waals surface area contributed by atoms with E-state index >= 15 is 0 Å². The second-order valence-electron chi connectivity index (χ2n) is 4.91. The second-order valence-corrected chi connectivity index (χ2v) is 4.91. The van der Waals surface area contributed by atoms with Crippen LogP contribution < -0.4 is 0 Å². The van der Waals surface area contributed by atoms with Gasteiger partial charge in [-0.3, -0.25) is 4.99 Å². The molecule has 0 aromatic heterocycles. The van der Waals surface area contributed by atoms with Gasteiger partial charge in [-0.15, -0.1) is 0 Å². The molecule has 0 amide bonds. The molecule has 0 atom stereocenters. The van der Waals surface area contributed by atoms with Gasteiger partial charge in [-0.1, -0.05) is 30.9 Å². The average molecular weight is 239 g/mol. The van der Waals surface area contributed by atoms with E-state index in [-0.39, 0.29) is 0 Å². The lowest BCUT2D eigenvalue weighted by atomic mass is 9.95. The molecular weight excluding hydrogens is 218 g/mol. The summed E-state index contributed by atoms with van der Waals surface area (Å²) in [6.45, 7) is 8.54. The van der Waals surface area contributed by atoms with Crippen LogP contribution in [0.15, 0.2) is 41.5 Å². The normalized spacial score (nSPS) is 18.7. The van der Waals surface area contributed by atoms with Crippen molar-refractivity contribution < 1.29 is 0 Å². The Morgan fingerprint density at radius 2 is 1.94 bits per heavy atom. The number of allylic oxidation sites excluding steroid dienone is 2. The molecule has 1 aliphatic rings. The molecule has 1 aliphatic heterocycles. The third kappa shape index (κ3) is 2.79. The SMILES string of the molecule is C=C(/C1=C/CCCCC=N1)c1cccc(C)c1C. The molecule has 0 aliphatic carbocycles. The molecule has 0 fully saturated rings. The third-order valence-electron chi connectivity index (χ3n) is 3.59. The lowest BCUT2D eigenvalue weighted by Crippen LogP contribution is -1.95. The number of hydrogen-bond donors (Lipinski definition) is 0. The fraction of sp³-hybridized carbons (Fsp3) is 0.353. The summed E-state index contributed by atoms with van der Waals surface area (Å²) in [4.78, 5) is 4.57. The second kappa shape index (κ2) is 5.81. The van der Waals surface area contributed by atoms with Gasteiger partial charge in [-0.05, 0) is 56.2 Å². The average Bonchev–Trinajstić information content (AvgIpc) is 2.31. The minimum absolute atomic E-state index is 1.04. The highest BCUT2D eigenvalue weighted by atomic mass is 14.7. The van der Waals surface area contributed by atoms with Gasteiger partial charge in [0.05, 0.1) is 5.70 Å². The number of aliphatic imine (C=N–C) groups is 1. The van der Waals surface area contributed by atoms with Gasteiger partial charge in [0.15, 0.2) is 0 Å². The molecule has 0 saturated carbocycles. The van der Waals surface area contributed by atoms with Crippen LogP contribution in [0.3, 0.4) is 0 Å². The maximum atomic E-state index is 4.57. The van der Waals surface area contributed by atoms with Gasteiger partial charge in [-0.2, -0.15) is 0 Å². The van der Waals surface area contributed by atoms with E-state index in [2.05, 4.69) is 49.7 Å². The van der Waals surface area contributed by atoms with Crippen molar-refractivity contribution in [3.05, 3.63) is 53.2 Å². The first-order valence-corrected chi connectivity index (χ1v) is 6.68. The van der Waals surface area contributed by atoms with Crippen LogP contribution in [-0.2, 0) is 0 Å². The lowest BCUT2D eigenvalue weighted by Gasteiger charge is -2.13. The number of hydrogen-bond acceptors (Lipinski definition) is 1. The van der Waals surface area contributed by atoms with Crippen molar-refractivity contribution in [2.75, 3.05) is 0 Å². The molecule has 0 saturated heterocycles. The first-order chi connectivity index (χ1) is 8.70. The fourth-order valence-electron chi connectivity index (χ4n) is 2.25. The molecular formula is C17H21N. The zero-order valence-electron chi connectivity index (χ0n) is 11.4. The van der Waals surface area contributed by atoms with Gasteiger partial charge < -0.3 is 0 Å². The van der Waals surface area contributed by atoms with Gasteiger partial charge in [0.2, 0.25) is 0 Å². The molecule has 1 nitrogen and oxygen atoms in total. The molecule has 2 rings (SSSR count). The minimum atomic E-state index is 1.04. The van der Waals surface area contributed by atoms with Crippen molar-refractivity contribution in [2.45, 2.75) is 39.5 Å². The van der Waals surface area contributed by atoms with E-state index in [1.165, 1.54) is 29.5 Å². The summed E-state index contributed by atoms with van der Waals surface area (Å²) < 4.78 is 0. The van der Waals surface area contributed by atoms with Gasteiger partial charge >= 0.3 is 0 Å². The standard InChI is InChI=1S/C17H21N/c1-13-9-8-10-16(14(13)2)15(3)17-11-6-4-5-7-12-18-17/h8-12H,3-7H2,1-2H3/b17-11-,18-12?. The van der Waals surface area contributed by atoms with Crippen molar-refractivity contribution in [3.63, 3.8) is 0 Å². The van der Waals surface area contributed by atoms with Gasteiger partial charge in [0.25, 0.3) is 0 Å². The maximum Gasteiger partial charge on any atom is 0.0658 e. The zero-order chi connectivity index (χ0) is 13.0. The largest absolute Gasteiger partial charge is 0.261 e. The maximum absolute atomic E-state index is 4.57. The summed E-state index contributed by atoms with van der Waals surface area (Å²) in [6.07, 6.45) is 8.92. The zero-order valence-corrected chi connectivity index (χ0v) is 11.4. The lowest BCUT2D eigenvalue weighted by molar-refractivity contribution is 0.775. The van der Waals surface area contributed by atoms with Crippen LogP contribution in [0.5, 0.6) is 0 Å². The van der Waals surface area contributed by atoms with Crippen molar-refractivity contribution >= 4 is 11.8 Å². The monoisotopic (exact) mass is 239 g/mol. The Bertz CT molecular complexity index is 506. The molecule has 0 radical (unpaired) electrons. The van der Waals surface area contributed by atoms with E-state index in [4.69, 9.17) is 0 Å². The topological polar surface area (TPSA) is 12.4 Å². The Labute approximate surface area is 110 Å². The van der Waals surface area contributed by atoms with Crippen LogP contribution in [0.2, 0.25) is 0 Å². The molecule has 1 aromatic rings. The smallest absolute Gasteiger partial charge is 0.0658 e. The van der Waals surface area contributed by atoms with E-state index in [9.17, 15) is 0 Å². The fourth-order valence-corrected chi connectivity index (χ4v) is 2.25. The number of rotatable bonds is 2. The summed E-state index contributed by atoms with van der Waals surface area (Å²) in [5.74, 6) is 0. The van der Waals surface area contributed by atoms with Crippen molar-refractivity contribution in [1.82, 2.24) is 0 Å². The predicted molar refractivity (Wildman–Crippen MR) is 80.0 cm³/mol. The summed E-state index contributed by atoms with van der Waals surface area (Å²) >= 11 is 0. The summed E-state index contributed by atoms with van der Waals surface area (Å²) in [7, 11) is 0. The number of benzene rings is 1. The molecule has 0 unspecified atom stereocenters. The highest BCUT2D eigenvalue weighted by Crippen LogP contribution is 2.27. The molecule has 0 spiro atoms. The van der Waals surface area contributed by atoms with E-state index in [1.54, 1.807) is 0 Å². The Morgan fingerprint density at radius 3 is 2.78 bits per heavy atom. The van der Waals surface area contributed by atoms with E-state index in [0.29, 0.717) is 0 Å². The highest BCUT2D eigenvalue weighted by molar-refractivity contribution is 5.81. The quantitative estimate of drug-likeness (QED) is 0.700. The summed E-state index contributed by atoms with van der Waals surface area (Å²) in [5, 5.41) is 0. The first-order valence-electron chi connectivity index (χ1n) is 6.68. The number of aryl methyl sites for hydroxylation is 1. The molecule has 18 heavy (non-hydrogen) atoms. The minimum Gasteiger partial charge on any atom is -0.261 e. The molecule has 1 heterocycles. The molecule has 1 heteroatoms. The molecule has 0 N–H and O–H groups in total. The van der Waals surface area contributed by atoms with Crippen LogP contribution in [0.4, 0.5) is 0 Å². The Morgan fingerprint density at radius 1 is 1.17 bits per heavy atom. The Hall–Kier alpha value is -1.63. The van der Waals surface area contributed by atoms with Crippen LogP contribution in [0, 0.1) is 13.8 Å². The van der Waals surface area contributed by atoms with Crippen LogP contribution in [0.25, 0.3) is 5.57 Å². The van der Waals surface area contributed by atoms with Crippen molar-refractivity contribution in [2.24, 2.45) is 4.99 Å². The molecule has 0 bridgehead atoms. The summed E-state index contributed by atoms with van der Waals surface area (Å²) in [6, 6.07) is 6.37. The number of nitrogens with zero attached hydrogens (tertiary/aromatic N) is 1. The third-order valence-corrected chi connectivity index (χ3v) is 3.59. The van der Waals surface area contributed by atoms with Crippen LogP contribution in [-0.4, -0.2) is 6.21 Å². The van der Waals surface area contributed by atoms with Crippen molar-refractivity contribution in [3.8, 4) is 0 Å². The van der Waals surface area contributed by atoms with Crippen LogP contribution >= 0.6 is 0 Å². The van der Waals surface area contributed by atoms with Gasteiger partial charge in [0.1, 0.15) is 0 Å². The van der Waals surface area contributed by atoms with E-state index in [1.807, 2.05) is 6.21 Å². The Kier molecular flexibility index (Phi) is 4.14. The molecule has 94 valence electrons. The van der Waals surface area contributed by atoms with Crippen molar-refractivity contribution in [1.29, 1.82) is 0 Å². The molecule has 1 aromatic carbocycles. The van der Waals surface area contributed by atoms with Crippen LogP contribution in [0.1, 0.15) is 42.4 Å². The van der Waals surface area contributed by atoms with E-state index < -0.39 is 0 Å².